The molecule has 0 heterocycles. The van der Waals surface area contributed by atoms with Gasteiger partial charge in [-0.1, -0.05) is 45.4 Å². The van der Waals surface area contributed by atoms with Crippen LogP contribution in [0.4, 0.5) is 30.7 Å². The van der Waals surface area contributed by atoms with E-state index in [-0.39, 0.29) is 6.42 Å². The number of alkyl halides is 7. The minimum Gasteiger partial charge on any atom is -0.241 e. The molecule has 1 unspecified atom stereocenters. The molecule has 0 saturated carbocycles. The van der Waals surface area contributed by atoms with Crippen LogP contribution in [0.2, 0.25) is 0 Å². The first-order valence-electron chi connectivity index (χ1n) is 6.35. The quantitative estimate of drug-likeness (QED) is 0.363. The summed E-state index contributed by atoms with van der Waals surface area (Å²) < 4.78 is 87.4. The van der Waals surface area contributed by atoms with Crippen molar-refractivity contribution in [1.29, 1.82) is 0 Å². The summed E-state index contributed by atoms with van der Waals surface area (Å²) in [4.78, 5) is 0. The van der Waals surface area contributed by atoms with Crippen LogP contribution in [0.25, 0.3) is 0 Å². The van der Waals surface area contributed by atoms with Gasteiger partial charge in [-0.2, -0.15) is 17.6 Å². The molecule has 116 valence electrons. The summed E-state index contributed by atoms with van der Waals surface area (Å²) >= 11 is 0. The van der Waals surface area contributed by atoms with Gasteiger partial charge >= 0.3 is 18.3 Å². The first-order chi connectivity index (χ1) is 8.67. The fourth-order valence-corrected chi connectivity index (χ4v) is 1.64. The first-order valence-corrected chi connectivity index (χ1v) is 6.35. The monoisotopic (exact) mass is 296 g/mol. The molecule has 0 aliphatic carbocycles. The molecule has 0 spiro atoms. The molecule has 0 aromatic heterocycles. The van der Waals surface area contributed by atoms with Crippen LogP contribution in [0.3, 0.4) is 0 Å². The van der Waals surface area contributed by atoms with Crippen molar-refractivity contribution < 1.29 is 30.7 Å². The maximum atomic E-state index is 13.0. The highest BCUT2D eigenvalue weighted by Gasteiger charge is 2.66. The molecule has 0 bridgehead atoms. The van der Waals surface area contributed by atoms with Crippen LogP contribution >= 0.6 is 0 Å². The van der Waals surface area contributed by atoms with Crippen molar-refractivity contribution in [2.45, 2.75) is 76.3 Å². The van der Waals surface area contributed by atoms with Gasteiger partial charge in [0.2, 0.25) is 0 Å². The molecule has 0 amide bonds. The average Bonchev–Trinajstić information content (AvgIpc) is 2.32. The largest absolute Gasteiger partial charge is 0.372 e. The molecule has 0 aliphatic rings. The Morgan fingerprint density at radius 1 is 0.737 bits per heavy atom. The summed E-state index contributed by atoms with van der Waals surface area (Å²) in [6.45, 7) is 1.98. The molecule has 0 aromatic carbocycles. The Morgan fingerprint density at radius 2 is 1.21 bits per heavy atom. The lowest BCUT2D eigenvalue weighted by atomic mass is 10.0. The lowest BCUT2D eigenvalue weighted by Crippen LogP contribution is -2.52. The fourth-order valence-electron chi connectivity index (χ4n) is 1.64. The topological polar surface area (TPSA) is 0 Å². The Labute approximate surface area is 108 Å². The maximum absolute atomic E-state index is 13.0. The second-order valence-corrected chi connectivity index (χ2v) is 4.57. The van der Waals surface area contributed by atoms with E-state index in [4.69, 9.17) is 0 Å². The zero-order valence-corrected chi connectivity index (χ0v) is 10.8. The normalized spacial score (nSPS) is 15.0. The number of halogens is 7. The summed E-state index contributed by atoms with van der Waals surface area (Å²) in [5, 5.41) is 0. The van der Waals surface area contributed by atoms with E-state index in [1.54, 1.807) is 0 Å². The van der Waals surface area contributed by atoms with E-state index < -0.39 is 30.9 Å². The standard InChI is InChI=1S/C12H19F7/c1-2-3-4-5-6-7-8-9(13)11(16,17)12(18,19)10(14)15/h9-10H,2-8H2,1H3. The number of unbranched alkanes of at least 4 members (excludes halogenated alkanes) is 5. The third-order valence-corrected chi connectivity index (χ3v) is 2.92. The molecular formula is C12H19F7. The highest BCUT2D eigenvalue weighted by molar-refractivity contribution is 4.92. The van der Waals surface area contributed by atoms with E-state index in [0.29, 0.717) is 12.8 Å². The molecule has 1 atom stereocenters. The van der Waals surface area contributed by atoms with Gasteiger partial charge in [-0.05, 0) is 6.42 Å². The van der Waals surface area contributed by atoms with Crippen molar-refractivity contribution in [2.24, 2.45) is 0 Å². The highest BCUT2D eigenvalue weighted by Crippen LogP contribution is 2.43. The minimum absolute atomic E-state index is 0.0141. The summed E-state index contributed by atoms with van der Waals surface area (Å²) in [5.74, 6) is -11.0. The van der Waals surface area contributed by atoms with Crippen molar-refractivity contribution >= 4 is 0 Å². The van der Waals surface area contributed by atoms with Crippen LogP contribution in [0.5, 0.6) is 0 Å². The minimum atomic E-state index is -5.63. The van der Waals surface area contributed by atoms with Crippen LogP contribution in [-0.4, -0.2) is 24.4 Å². The summed E-state index contributed by atoms with van der Waals surface area (Å²) in [5.41, 5.74) is 0. The molecule has 0 aromatic rings. The number of rotatable bonds is 10. The second kappa shape index (κ2) is 7.94. The van der Waals surface area contributed by atoms with Crippen molar-refractivity contribution in [3.63, 3.8) is 0 Å². The van der Waals surface area contributed by atoms with E-state index in [0.717, 1.165) is 19.3 Å². The van der Waals surface area contributed by atoms with Gasteiger partial charge in [-0.25, -0.2) is 13.2 Å². The molecule has 19 heavy (non-hydrogen) atoms. The molecule has 0 nitrogen and oxygen atoms in total. The second-order valence-electron chi connectivity index (χ2n) is 4.57. The third kappa shape index (κ3) is 5.18. The molecule has 0 aliphatic heterocycles. The number of hydrogen-bond acceptors (Lipinski definition) is 0. The molecule has 0 rings (SSSR count). The lowest BCUT2D eigenvalue weighted by molar-refractivity contribution is -0.285. The Bertz CT molecular complexity index is 240. The predicted molar refractivity (Wildman–Crippen MR) is 58.8 cm³/mol. The third-order valence-electron chi connectivity index (χ3n) is 2.92. The van der Waals surface area contributed by atoms with Gasteiger partial charge in [0.05, 0.1) is 0 Å². The predicted octanol–water partition coefficient (Wildman–Crippen LogP) is 5.61. The first kappa shape index (κ1) is 18.5. The van der Waals surface area contributed by atoms with Gasteiger partial charge in [0.1, 0.15) is 0 Å². The van der Waals surface area contributed by atoms with E-state index in [9.17, 15) is 30.7 Å². The Morgan fingerprint density at radius 3 is 1.68 bits per heavy atom. The van der Waals surface area contributed by atoms with Crippen molar-refractivity contribution in [2.75, 3.05) is 0 Å². The Hall–Kier alpha value is -0.490. The lowest BCUT2D eigenvalue weighted by Gasteiger charge is -2.28. The van der Waals surface area contributed by atoms with E-state index in [2.05, 4.69) is 0 Å². The van der Waals surface area contributed by atoms with Crippen LogP contribution in [0.15, 0.2) is 0 Å². The van der Waals surface area contributed by atoms with E-state index >= 15 is 0 Å². The zero-order valence-electron chi connectivity index (χ0n) is 10.8. The summed E-state index contributed by atoms with van der Waals surface area (Å²) in [6.07, 6.45) is -4.76. The fraction of sp³-hybridized carbons (Fsp3) is 1.00. The molecule has 7 heteroatoms. The Balaban J connectivity index is 4.15. The van der Waals surface area contributed by atoms with E-state index in [1.165, 1.54) is 0 Å². The van der Waals surface area contributed by atoms with Gasteiger partial charge in [0.25, 0.3) is 0 Å². The number of hydrogen-bond donors (Lipinski definition) is 0. The SMILES string of the molecule is CCCCCCCCC(F)C(F)(F)C(F)(F)C(F)F. The van der Waals surface area contributed by atoms with Gasteiger partial charge in [-0.3, -0.25) is 0 Å². The van der Waals surface area contributed by atoms with Crippen LogP contribution in [0.1, 0.15) is 51.9 Å². The van der Waals surface area contributed by atoms with Crippen LogP contribution < -0.4 is 0 Å². The molecule has 0 radical (unpaired) electrons. The van der Waals surface area contributed by atoms with Crippen LogP contribution in [0, 0.1) is 0 Å². The Kier molecular flexibility index (Phi) is 7.74. The molecule has 0 fully saturated rings. The van der Waals surface area contributed by atoms with Crippen LogP contribution in [-0.2, 0) is 0 Å². The highest BCUT2D eigenvalue weighted by atomic mass is 19.3. The zero-order chi connectivity index (χ0) is 15.1. The summed E-state index contributed by atoms with van der Waals surface area (Å²) in [6, 6.07) is 0. The van der Waals surface area contributed by atoms with Gasteiger partial charge < -0.3 is 0 Å². The van der Waals surface area contributed by atoms with E-state index in [1.807, 2.05) is 6.92 Å². The van der Waals surface area contributed by atoms with Crippen molar-refractivity contribution in [1.82, 2.24) is 0 Å². The summed E-state index contributed by atoms with van der Waals surface area (Å²) in [7, 11) is 0. The molecular weight excluding hydrogens is 277 g/mol. The van der Waals surface area contributed by atoms with Gasteiger partial charge in [0, 0.05) is 0 Å². The average molecular weight is 296 g/mol. The van der Waals surface area contributed by atoms with Gasteiger partial charge in [0.15, 0.2) is 6.17 Å². The van der Waals surface area contributed by atoms with Gasteiger partial charge in [-0.15, -0.1) is 0 Å². The smallest absolute Gasteiger partial charge is 0.241 e. The van der Waals surface area contributed by atoms with Crippen molar-refractivity contribution in [3.05, 3.63) is 0 Å². The molecule has 0 saturated heterocycles. The maximum Gasteiger partial charge on any atom is 0.372 e. The van der Waals surface area contributed by atoms with Crippen molar-refractivity contribution in [3.8, 4) is 0 Å². The molecule has 0 N–H and O–H groups in total.